The van der Waals surface area contributed by atoms with Crippen molar-refractivity contribution in [2.24, 2.45) is 0 Å². The Bertz CT molecular complexity index is 918. The number of halogens is 1. The van der Waals surface area contributed by atoms with E-state index in [0.29, 0.717) is 22.5 Å². The number of aryl methyl sites for hydroxylation is 1. The topological polar surface area (TPSA) is 81.7 Å². The van der Waals surface area contributed by atoms with Crippen LogP contribution in [0.1, 0.15) is 40.2 Å². The van der Waals surface area contributed by atoms with E-state index < -0.39 is 24.5 Å². The zero-order valence-corrected chi connectivity index (χ0v) is 17.2. The highest BCUT2D eigenvalue weighted by atomic mass is 32.1. The number of ether oxygens (including phenoxy) is 2. The molecule has 2 rings (SSSR count). The molecule has 0 radical (unpaired) electrons. The Morgan fingerprint density at radius 2 is 1.83 bits per heavy atom. The van der Waals surface area contributed by atoms with Gasteiger partial charge in [-0.25, -0.2) is 14.0 Å². The van der Waals surface area contributed by atoms with Gasteiger partial charge in [-0.2, -0.15) is 0 Å². The molecule has 1 amide bonds. The summed E-state index contributed by atoms with van der Waals surface area (Å²) in [5.41, 5.74) is 1.78. The number of thiophene rings is 1. The van der Waals surface area contributed by atoms with Gasteiger partial charge >= 0.3 is 11.9 Å². The van der Waals surface area contributed by atoms with Gasteiger partial charge in [0.05, 0.1) is 12.2 Å². The van der Waals surface area contributed by atoms with E-state index in [1.165, 1.54) is 41.7 Å². The monoisotopic (exact) mass is 419 g/mol. The van der Waals surface area contributed by atoms with Gasteiger partial charge in [0, 0.05) is 11.0 Å². The molecule has 2 aromatic rings. The van der Waals surface area contributed by atoms with Crippen molar-refractivity contribution in [2.45, 2.75) is 27.2 Å². The van der Waals surface area contributed by atoms with Gasteiger partial charge < -0.3 is 14.8 Å². The Kier molecular flexibility index (Phi) is 8.09. The third-order valence-corrected chi connectivity index (χ3v) is 4.99. The molecule has 1 aromatic carbocycles. The Hall–Kier alpha value is -3.00. The maximum absolute atomic E-state index is 12.9. The molecule has 0 saturated heterocycles. The first-order valence-electron chi connectivity index (χ1n) is 9.05. The summed E-state index contributed by atoms with van der Waals surface area (Å²) in [6.07, 6.45) is 3.22. The van der Waals surface area contributed by atoms with E-state index in [0.717, 1.165) is 16.5 Å². The summed E-state index contributed by atoms with van der Waals surface area (Å²) in [7, 11) is 0. The molecular weight excluding hydrogens is 397 g/mol. The molecule has 1 N–H and O–H groups in total. The molecule has 0 aliphatic heterocycles. The van der Waals surface area contributed by atoms with E-state index in [-0.39, 0.29) is 12.4 Å². The number of carbonyl (C=O) groups is 3. The fourth-order valence-electron chi connectivity index (χ4n) is 2.60. The molecule has 8 heteroatoms. The van der Waals surface area contributed by atoms with Crippen LogP contribution in [0.5, 0.6) is 0 Å². The SMILES string of the molecule is CCOC(=O)c1c(NC(=O)COC(=O)/C=C/c2ccc(F)cc2)sc(C)c1CC. The quantitative estimate of drug-likeness (QED) is 0.514. The lowest BCUT2D eigenvalue weighted by Crippen LogP contribution is -2.21. The van der Waals surface area contributed by atoms with Crippen molar-refractivity contribution in [1.29, 1.82) is 0 Å². The summed E-state index contributed by atoms with van der Waals surface area (Å²) in [5, 5.41) is 2.99. The van der Waals surface area contributed by atoms with Gasteiger partial charge in [0.2, 0.25) is 0 Å². The molecule has 154 valence electrons. The van der Waals surface area contributed by atoms with E-state index in [1.807, 2.05) is 13.8 Å². The van der Waals surface area contributed by atoms with Crippen molar-refractivity contribution < 1.29 is 28.2 Å². The van der Waals surface area contributed by atoms with Gasteiger partial charge in [0.25, 0.3) is 5.91 Å². The van der Waals surface area contributed by atoms with Crippen molar-refractivity contribution in [2.75, 3.05) is 18.5 Å². The van der Waals surface area contributed by atoms with Crippen LogP contribution in [-0.2, 0) is 25.5 Å². The zero-order valence-electron chi connectivity index (χ0n) is 16.4. The van der Waals surface area contributed by atoms with Gasteiger partial charge in [-0.3, -0.25) is 4.79 Å². The molecule has 0 unspecified atom stereocenters. The number of rotatable bonds is 8. The number of benzene rings is 1. The largest absolute Gasteiger partial charge is 0.462 e. The maximum atomic E-state index is 12.9. The molecule has 1 heterocycles. The maximum Gasteiger partial charge on any atom is 0.341 e. The van der Waals surface area contributed by atoms with Crippen molar-refractivity contribution >= 4 is 40.3 Å². The van der Waals surface area contributed by atoms with Crippen LogP contribution in [0.4, 0.5) is 9.39 Å². The van der Waals surface area contributed by atoms with E-state index in [4.69, 9.17) is 9.47 Å². The first-order valence-corrected chi connectivity index (χ1v) is 9.87. The number of carbonyl (C=O) groups excluding carboxylic acids is 3. The van der Waals surface area contributed by atoms with Crippen molar-refractivity contribution in [1.82, 2.24) is 0 Å². The summed E-state index contributed by atoms with van der Waals surface area (Å²) >= 11 is 1.27. The summed E-state index contributed by atoms with van der Waals surface area (Å²) in [6, 6.07) is 5.56. The van der Waals surface area contributed by atoms with Gasteiger partial charge in [-0.05, 0) is 49.6 Å². The van der Waals surface area contributed by atoms with Crippen LogP contribution in [0.2, 0.25) is 0 Å². The van der Waals surface area contributed by atoms with Crippen LogP contribution < -0.4 is 5.32 Å². The second-order valence-corrected chi connectivity index (χ2v) is 7.18. The lowest BCUT2D eigenvalue weighted by Gasteiger charge is -2.08. The van der Waals surface area contributed by atoms with Gasteiger partial charge in [0.15, 0.2) is 6.61 Å². The van der Waals surface area contributed by atoms with E-state index in [2.05, 4.69) is 5.32 Å². The first-order chi connectivity index (χ1) is 13.8. The highest BCUT2D eigenvalue weighted by molar-refractivity contribution is 7.16. The van der Waals surface area contributed by atoms with Crippen molar-refractivity contribution in [3.63, 3.8) is 0 Å². The molecule has 0 spiro atoms. The van der Waals surface area contributed by atoms with Crippen molar-refractivity contribution in [3.05, 3.63) is 57.7 Å². The van der Waals surface area contributed by atoms with Crippen molar-refractivity contribution in [3.8, 4) is 0 Å². The number of hydrogen-bond donors (Lipinski definition) is 1. The van der Waals surface area contributed by atoms with Crippen LogP contribution in [0, 0.1) is 12.7 Å². The summed E-state index contributed by atoms with van der Waals surface area (Å²) in [6.45, 7) is 5.20. The van der Waals surface area contributed by atoms with Crippen LogP contribution >= 0.6 is 11.3 Å². The highest BCUT2D eigenvalue weighted by Gasteiger charge is 2.23. The second-order valence-electron chi connectivity index (χ2n) is 5.96. The molecule has 0 aliphatic rings. The first kappa shape index (κ1) is 22.3. The summed E-state index contributed by atoms with van der Waals surface area (Å²) in [5.74, 6) is -2.16. The van der Waals surface area contributed by atoms with Gasteiger partial charge in [-0.1, -0.05) is 19.1 Å². The van der Waals surface area contributed by atoms with E-state index in [9.17, 15) is 18.8 Å². The Labute approximate surface area is 172 Å². The van der Waals surface area contributed by atoms with Crippen LogP contribution in [-0.4, -0.2) is 31.1 Å². The molecule has 0 bridgehead atoms. The number of nitrogens with one attached hydrogen (secondary N) is 1. The van der Waals surface area contributed by atoms with E-state index in [1.54, 1.807) is 6.92 Å². The lowest BCUT2D eigenvalue weighted by molar-refractivity contribution is -0.142. The molecule has 29 heavy (non-hydrogen) atoms. The van der Waals surface area contributed by atoms with Crippen LogP contribution in [0.15, 0.2) is 30.3 Å². The normalized spacial score (nSPS) is 10.8. The fourth-order valence-corrected chi connectivity index (χ4v) is 3.75. The molecule has 0 fully saturated rings. The predicted octanol–water partition coefficient (Wildman–Crippen LogP) is 4.13. The minimum absolute atomic E-state index is 0.224. The zero-order chi connectivity index (χ0) is 21.4. The summed E-state index contributed by atoms with van der Waals surface area (Å²) in [4.78, 5) is 37.1. The smallest absolute Gasteiger partial charge is 0.341 e. The Morgan fingerprint density at radius 1 is 1.14 bits per heavy atom. The molecule has 0 atom stereocenters. The number of hydrogen-bond acceptors (Lipinski definition) is 6. The standard InChI is InChI=1S/C21H22FNO5S/c1-4-16-13(3)29-20(19(16)21(26)27-5-2)23-17(24)12-28-18(25)11-8-14-6-9-15(22)10-7-14/h6-11H,4-5,12H2,1-3H3,(H,23,24)/b11-8+. The predicted molar refractivity (Wildman–Crippen MR) is 109 cm³/mol. The minimum Gasteiger partial charge on any atom is -0.462 e. The van der Waals surface area contributed by atoms with Crippen LogP contribution in [0.25, 0.3) is 6.08 Å². The number of anilines is 1. The van der Waals surface area contributed by atoms with Gasteiger partial charge in [0.1, 0.15) is 10.8 Å². The lowest BCUT2D eigenvalue weighted by atomic mass is 10.1. The second kappa shape index (κ2) is 10.5. The Balaban J connectivity index is 1.97. The number of amides is 1. The number of esters is 2. The molecule has 1 aromatic heterocycles. The third-order valence-electron chi connectivity index (χ3n) is 3.92. The average molecular weight is 419 g/mol. The average Bonchev–Trinajstić information content (AvgIpc) is 3.00. The summed E-state index contributed by atoms with van der Waals surface area (Å²) < 4.78 is 22.8. The fraction of sp³-hybridized carbons (Fsp3) is 0.286. The third kappa shape index (κ3) is 6.25. The molecule has 0 saturated carbocycles. The molecular formula is C21H22FNO5S. The Morgan fingerprint density at radius 3 is 2.45 bits per heavy atom. The van der Waals surface area contributed by atoms with E-state index >= 15 is 0 Å². The minimum atomic E-state index is -0.716. The van der Waals surface area contributed by atoms with Crippen LogP contribution in [0.3, 0.4) is 0 Å². The molecule has 6 nitrogen and oxygen atoms in total. The highest BCUT2D eigenvalue weighted by Crippen LogP contribution is 2.34. The van der Waals surface area contributed by atoms with Gasteiger partial charge in [-0.15, -0.1) is 11.3 Å². The molecule has 0 aliphatic carbocycles.